The molecule has 5 nitrogen and oxygen atoms in total. The van der Waals surface area contributed by atoms with Crippen molar-refractivity contribution in [3.8, 4) is 11.8 Å². The number of carbonyl (C=O) groups excluding carboxylic acids is 1. The van der Waals surface area contributed by atoms with Gasteiger partial charge in [0.2, 0.25) is 0 Å². The van der Waals surface area contributed by atoms with Crippen LogP contribution < -0.4 is 15.4 Å². The Bertz CT molecular complexity index is 774. The van der Waals surface area contributed by atoms with Gasteiger partial charge in [-0.25, -0.2) is 0 Å². The van der Waals surface area contributed by atoms with E-state index in [2.05, 4.69) is 10.6 Å². The largest absolute Gasteiger partial charge is 0.482 e. The summed E-state index contributed by atoms with van der Waals surface area (Å²) in [4.78, 5) is 11.8. The zero-order valence-corrected chi connectivity index (χ0v) is 13.4. The number of hydrogen-bond acceptors (Lipinski definition) is 4. The molecule has 116 valence electrons. The van der Waals surface area contributed by atoms with Crippen LogP contribution in [0.5, 0.6) is 5.75 Å². The fourth-order valence-corrected chi connectivity index (χ4v) is 2.12. The maximum atomic E-state index is 11.8. The van der Waals surface area contributed by atoms with E-state index in [0.29, 0.717) is 22.0 Å². The Hall–Kier alpha value is -2.62. The Balaban J connectivity index is 1.84. The molecule has 2 aromatic carbocycles. The van der Waals surface area contributed by atoms with Gasteiger partial charge < -0.3 is 10.1 Å². The first-order chi connectivity index (χ1) is 11.1. The second-order valence-corrected chi connectivity index (χ2v) is 5.23. The molecule has 0 aromatic heterocycles. The van der Waals surface area contributed by atoms with Crippen LogP contribution in [0.25, 0.3) is 0 Å². The summed E-state index contributed by atoms with van der Waals surface area (Å²) in [6, 6.07) is 15.6. The molecule has 0 bridgehead atoms. The number of para-hydroxylation sites is 1. The van der Waals surface area contributed by atoms with Crippen molar-refractivity contribution < 1.29 is 9.53 Å². The van der Waals surface area contributed by atoms with Gasteiger partial charge in [-0.1, -0.05) is 29.8 Å². The molecular formula is C16H12ClN3O2S. The number of nitrogens with one attached hydrogen (secondary N) is 2. The fourth-order valence-electron chi connectivity index (χ4n) is 1.70. The summed E-state index contributed by atoms with van der Waals surface area (Å²) in [5.41, 5.74) is 1.10. The molecule has 23 heavy (non-hydrogen) atoms. The lowest BCUT2D eigenvalue weighted by atomic mass is 10.2. The zero-order valence-electron chi connectivity index (χ0n) is 11.9. The van der Waals surface area contributed by atoms with E-state index in [-0.39, 0.29) is 11.7 Å². The summed E-state index contributed by atoms with van der Waals surface area (Å²) in [7, 11) is 0. The number of nitrogens with zero attached hydrogens (tertiary/aromatic N) is 1. The van der Waals surface area contributed by atoms with E-state index in [1.807, 2.05) is 6.07 Å². The first kappa shape index (κ1) is 16.7. The molecule has 2 rings (SSSR count). The van der Waals surface area contributed by atoms with E-state index in [0.717, 1.165) is 0 Å². The highest BCUT2D eigenvalue weighted by atomic mass is 35.5. The van der Waals surface area contributed by atoms with E-state index in [1.165, 1.54) is 0 Å². The Morgan fingerprint density at radius 2 is 2.04 bits per heavy atom. The van der Waals surface area contributed by atoms with Crippen molar-refractivity contribution in [1.82, 2.24) is 5.32 Å². The molecule has 0 aliphatic heterocycles. The van der Waals surface area contributed by atoms with Crippen LogP contribution in [0.4, 0.5) is 5.69 Å². The van der Waals surface area contributed by atoms with Gasteiger partial charge in [0.05, 0.1) is 16.7 Å². The van der Waals surface area contributed by atoms with Gasteiger partial charge in [-0.2, -0.15) is 5.26 Å². The second-order valence-electron chi connectivity index (χ2n) is 4.41. The summed E-state index contributed by atoms with van der Waals surface area (Å²) in [6.45, 7) is -0.218. The molecule has 2 aromatic rings. The minimum Gasteiger partial charge on any atom is -0.482 e. The van der Waals surface area contributed by atoms with Crippen LogP contribution in [0.15, 0.2) is 48.5 Å². The number of hydrogen-bond donors (Lipinski definition) is 2. The average Bonchev–Trinajstić information content (AvgIpc) is 2.54. The molecular weight excluding hydrogens is 334 g/mol. The van der Waals surface area contributed by atoms with Crippen molar-refractivity contribution in [3.05, 3.63) is 59.1 Å². The van der Waals surface area contributed by atoms with Gasteiger partial charge in [0.15, 0.2) is 11.7 Å². The Labute approximate surface area is 143 Å². The van der Waals surface area contributed by atoms with Gasteiger partial charge in [-0.15, -0.1) is 0 Å². The molecule has 0 atom stereocenters. The average molecular weight is 346 g/mol. The first-order valence-electron chi connectivity index (χ1n) is 6.57. The molecule has 2 N–H and O–H groups in total. The van der Waals surface area contributed by atoms with Crippen LogP contribution in [0.1, 0.15) is 5.56 Å². The summed E-state index contributed by atoms with van der Waals surface area (Å²) < 4.78 is 5.31. The zero-order chi connectivity index (χ0) is 16.7. The molecule has 0 unspecified atom stereocenters. The molecule has 0 aliphatic rings. The number of halogens is 1. The topological polar surface area (TPSA) is 74.2 Å². The van der Waals surface area contributed by atoms with Gasteiger partial charge in [-0.05, 0) is 42.5 Å². The summed E-state index contributed by atoms with van der Waals surface area (Å²) in [5, 5.41) is 14.7. The van der Waals surface area contributed by atoms with Gasteiger partial charge in [0.25, 0.3) is 5.91 Å². The summed E-state index contributed by atoms with van der Waals surface area (Å²) in [5.74, 6) is 0.00349. The SMILES string of the molecule is N#Cc1cccc(NC(=S)NC(=O)COc2ccccc2Cl)c1. The van der Waals surface area contributed by atoms with Gasteiger partial charge in [0, 0.05) is 5.69 Å². The molecule has 0 fully saturated rings. The summed E-state index contributed by atoms with van der Waals surface area (Å²) >= 11 is 11.0. The number of benzene rings is 2. The number of rotatable bonds is 4. The molecule has 0 spiro atoms. The van der Waals surface area contributed by atoms with Crippen LogP contribution >= 0.6 is 23.8 Å². The lowest BCUT2D eigenvalue weighted by Gasteiger charge is -2.11. The number of anilines is 1. The third-order valence-electron chi connectivity index (χ3n) is 2.70. The maximum absolute atomic E-state index is 11.8. The lowest BCUT2D eigenvalue weighted by molar-refractivity contribution is -0.121. The van der Waals surface area contributed by atoms with Crippen molar-refractivity contribution in [3.63, 3.8) is 0 Å². The van der Waals surface area contributed by atoms with Crippen molar-refractivity contribution in [2.75, 3.05) is 11.9 Å². The molecule has 7 heteroatoms. The van der Waals surface area contributed by atoms with Crippen LogP contribution in [0.3, 0.4) is 0 Å². The van der Waals surface area contributed by atoms with Crippen molar-refractivity contribution >= 4 is 40.5 Å². The minimum absolute atomic E-state index is 0.118. The van der Waals surface area contributed by atoms with Crippen LogP contribution in [0, 0.1) is 11.3 Å². The highest BCUT2D eigenvalue weighted by molar-refractivity contribution is 7.80. The van der Waals surface area contributed by atoms with E-state index in [1.54, 1.807) is 48.5 Å². The molecule has 0 aliphatic carbocycles. The molecule has 0 saturated carbocycles. The molecule has 0 radical (unpaired) electrons. The molecule has 1 amide bonds. The highest BCUT2D eigenvalue weighted by Crippen LogP contribution is 2.22. The number of thiocarbonyl (C=S) groups is 1. The highest BCUT2D eigenvalue weighted by Gasteiger charge is 2.08. The number of carbonyl (C=O) groups is 1. The normalized spacial score (nSPS) is 9.57. The Kier molecular flexibility index (Phi) is 5.92. The van der Waals surface area contributed by atoms with Crippen LogP contribution in [-0.4, -0.2) is 17.6 Å². The predicted octanol–water partition coefficient (Wildman–Crippen LogP) is 3.10. The van der Waals surface area contributed by atoms with Gasteiger partial charge in [0.1, 0.15) is 5.75 Å². The van der Waals surface area contributed by atoms with Crippen LogP contribution in [0.2, 0.25) is 5.02 Å². The lowest BCUT2D eigenvalue weighted by Crippen LogP contribution is -2.37. The molecule has 0 saturated heterocycles. The van der Waals surface area contributed by atoms with Crippen molar-refractivity contribution in [2.45, 2.75) is 0 Å². The Morgan fingerprint density at radius 3 is 2.78 bits per heavy atom. The number of ether oxygens (including phenoxy) is 1. The van der Waals surface area contributed by atoms with Crippen LogP contribution in [-0.2, 0) is 4.79 Å². The number of amides is 1. The molecule has 0 heterocycles. The van der Waals surface area contributed by atoms with E-state index in [4.69, 9.17) is 33.8 Å². The quantitative estimate of drug-likeness (QED) is 0.833. The van der Waals surface area contributed by atoms with Crippen molar-refractivity contribution in [1.29, 1.82) is 5.26 Å². The first-order valence-corrected chi connectivity index (χ1v) is 7.35. The van der Waals surface area contributed by atoms with E-state index < -0.39 is 5.91 Å². The standard InChI is InChI=1S/C16H12ClN3O2S/c17-13-6-1-2-7-14(13)22-10-15(21)20-16(23)19-12-5-3-4-11(8-12)9-18/h1-8H,10H2,(H2,19,20,21,23). The second kappa shape index (κ2) is 8.13. The van der Waals surface area contributed by atoms with E-state index in [9.17, 15) is 4.79 Å². The minimum atomic E-state index is -0.418. The predicted molar refractivity (Wildman–Crippen MR) is 92.5 cm³/mol. The van der Waals surface area contributed by atoms with Gasteiger partial charge >= 0.3 is 0 Å². The maximum Gasteiger partial charge on any atom is 0.264 e. The smallest absolute Gasteiger partial charge is 0.264 e. The van der Waals surface area contributed by atoms with Crippen molar-refractivity contribution in [2.24, 2.45) is 0 Å². The Morgan fingerprint density at radius 1 is 1.26 bits per heavy atom. The fraction of sp³-hybridized carbons (Fsp3) is 0.0625. The van der Waals surface area contributed by atoms with E-state index >= 15 is 0 Å². The monoisotopic (exact) mass is 345 g/mol. The third kappa shape index (κ3) is 5.25. The number of nitriles is 1. The van der Waals surface area contributed by atoms with Gasteiger partial charge in [-0.3, -0.25) is 10.1 Å². The third-order valence-corrected chi connectivity index (χ3v) is 3.21. The summed E-state index contributed by atoms with van der Waals surface area (Å²) in [6.07, 6.45) is 0.